The molecule has 0 radical (unpaired) electrons. The molecular weight excluding hydrogens is 327 g/mol. The van der Waals surface area contributed by atoms with Gasteiger partial charge in [0, 0.05) is 25.9 Å². The van der Waals surface area contributed by atoms with Crippen LogP contribution in [0.3, 0.4) is 0 Å². The van der Waals surface area contributed by atoms with E-state index in [2.05, 4.69) is 0 Å². The average Bonchev–Trinajstić information content (AvgIpc) is 3.02. The largest absolute Gasteiger partial charge is 0.393 e. The first-order valence-electron chi connectivity index (χ1n) is 8.56. The lowest BCUT2D eigenvalue weighted by Crippen LogP contribution is -2.58. The number of amides is 2. The van der Waals surface area contributed by atoms with Crippen LogP contribution in [0.5, 0.6) is 0 Å². The summed E-state index contributed by atoms with van der Waals surface area (Å²) >= 11 is 0. The molecule has 2 fully saturated rings. The van der Waals surface area contributed by atoms with Crippen LogP contribution in [-0.4, -0.2) is 71.7 Å². The lowest BCUT2D eigenvalue weighted by atomic mass is 9.93. The minimum atomic E-state index is -0.902. The molecule has 25 heavy (non-hydrogen) atoms. The van der Waals surface area contributed by atoms with Gasteiger partial charge in [0.2, 0.25) is 11.8 Å². The predicted octanol–water partition coefficient (Wildman–Crippen LogP) is 0.581. The molecule has 1 aromatic carbocycles. The van der Waals surface area contributed by atoms with Crippen molar-refractivity contribution >= 4 is 11.8 Å². The van der Waals surface area contributed by atoms with Crippen molar-refractivity contribution in [1.82, 2.24) is 9.80 Å². The maximum absolute atomic E-state index is 13.1. The van der Waals surface area contributed by atoms with Gasteiger partial charge >= 0.3 is 0 Å². The molecule has 2 aliphatic heterocycles. The third-order valence-corrected chi connectivity index (χ3v) is 4.83. The molecule has 1 atom stereocenters. The third-order valence-electron chi connectivity index (χ3n) is 4.83. The highest BCUT2D eigenvalue weighted by atomic mass is 19.1. The molecule has 3 rings (SSSR count). The molecule has 0 unspecified atom stereocenters. The highest BCUT2D eigenvalue weighted by Crippen LogP contribution is 2.24. The summed E-state index contributed by atoms with van der Waals surface area (Å²) in [7, 11) is 0. The normalized spacial score (nSPS) is 24.0. The maximum atomic E-state index is 13.1. The Labute approximate surface area is 146 Å². The Morgan fingerprint density at radius 2 is 2.04 bits per heavy atom. The van der Waals surface area contributed by atoms with Crippen molar-refractivity contribution in [3.8, 4) is 0 Å². The van der Waals surface area contributed by atoms with Crippen molar-refractivity contribution in [3.63, 3.8) is 0 Å². The SMILES string of the molecule is O=C1CCCN1CC(=O)N1CCO[C@](CO)(Cc2ccc(F)cc2)C1. The standard InChI is InChI=1S/C18H23FN2O4/c19-15-5-3-14(4-6-15)10-18(13-22)12-21(8-9-25-18)17(24)11-20-7-1-2-16(20)23/h3-6,22H,1-2,7-13H2/t18-/m1/s1. The first-order chi connectivity index (χ1) is 12.0. The van der Waals surface area contributed by atoms with Gasteiger partial charge in [0.1, 0.15) is 11.4 Å². The van der Waals surface area contributed by atoms with Gasteiger partial charge in [0.05, 0.1) is 26.3 Å². The molecule has 0 aliphatic carbocycles. The number of nitrogens with zero attached hydrogens (tertiary/aromatic N) is 2. The number of hydrogen-bond acceptors (Lipinski definition) is 4. The summed E-state index contributed by atoms with van der Waals surface area (Å²) in [5.74, 6) is -0.435. The van der Waals surface area contributed by atoms with E-state index in [1.165, 1.54) is 12.1 Å². The number of ether oxygens (including phenoxy) is 1. The van der Waals surface area contributed by atoms with Crippen LogP contribution in [0.15, 0.2) is 24.3 Å². The van der Waals surface area contributed by atoms with E-state index in [-0.39, 0.29) is 37.3 Å². The van der Waals surface area contributed by atoms with E-state index in [1.807, 2.05) is 0 Å². The topological polar surface area (TPSA) is 70.1 Å². The number of aliphatic hydroxyl groups is 1. The van der Waals surface area contributed by atoms with Gasteiger partial charge in [-0.2, -0.15) is 0 Å². The molecule has 6 nitrogen and oxygen atoms in total. The van der Waals surface area contributed by atoms with Gasteiger partial charge in [0.25, 0.3) is 0 Å². The Bertz CT molecular complexity index is 636. The number of morpholine rings is 1. The number of rotatable bonds is 5. The van der Waals surface area contributed by atoms with Gasteiger partial charge < -0.3 is 19.6 Å². The Morgan fingerprint density at radius 3 is 2.68 bits per heavy atom. The fourth-order valence-electron chi connectivity index (χ4n) is 3.42. The summed E-state index contributed by atoms with van der Waals surface area (Å²) < 4.78 is 18.9. The van der Waals surface area contributed by atoms with Crippen molar-refractivity contribution < 1.29 is 23.8 Å². The number of benzene rings is 1. The van der Waals surface area contributed by atoms with E-state index >= 15 is 0 Å². The second-order valence-electron chi connectivity index (χ2n) is 6.73. The summed E-state index contributed by atoms with van der Waals surface area (Å²) in [6.07, 6.45) is 1.68. The van der Waals surface area contributed by atoms with Crippen LogP contribution in [0.4, 0.5) is 4.39 Å². The van der Waals surface area contributed by atoms with Crippen LogP contribution < -0.4 is 0 Å². The zero-order valence-electron chi connectivity index (χ0n) is 14.1. The van der Waals surface area contributed by atoms with Gasteiger partial charge in [-0.05, 0) is 24.1 Å². The Morgan fingerprint density at radius 1 is 1.28 bits per heavy atom. The molecule has 2 saturated heterocycles. The summed E-state index contributed by atoms with van der Waals surface area (Å²) in [5.41, 5.74) is -0.0692. The first kappa shape index (κ1) is 17.8. The Hall–Kier alpha value is -1.99. The summed E-state index contributed by atoms with van der Waals surface area (Å²) in [6, 6.07) is 6.04. The van der Waals surface area contributed by atoms with E-state index in [1.54, 1.807) is 21.9 Å². The lowest BCUT2D eigenvalue weighted by molar-refractivity contribution is -0.159. The van der Waals surface area contributed by atoms with Gasteiger partial charge in [-0.1, -0.05) is 12.1 Å². The van der Waals surface area contributed by atoms with E-state index in [9.17, 15) is 19.1 Å². The quantitative estimate of drug-likeness (QED) is 0.843. The molecule has 0 saturated carbocycles. The fraction of sp³-hybridized carbons (Fsp3) is 0.556. The zero-order valence-corrected chi connectivity index (χ0v) is 14.1. The van der Waals surface area contributed by atoms with Gasteiger partial charge in [-0.3, -0.25) is 9.59 Å². The fourth-order valence-corrected chi connectivity index (χ4v) is 3.42. The van der Waals surface area contributed by atoms with E-state index in [0.717, 1.165) is 12.0 Å². The minimum absolute atomic E-state index is 0.0151. The maximum Gasteiger partial charge on any atom is 0.242 e. The Balaban J connectivity index is 1.65. The van der Waals surface area contributed by atoms with E-state index in [0.29, 0.717) is 32.5 Å². The minimum Gasteiger partial charge on any atom is -0.393 e. The van der Waals surface area contributed by atoms with Crippen LogP contribution in [0, 0.1) is 5.82 Å². The first-order valence-corrected chi connectivity index (χ1v) is 8.56. The van der Waals surface area contributed by atoms with Crippen LogP contribution in [0.2, 0.25) is 0 Å². The molecule has 2 heterocycles. The Kier molecular flexibility index (Phi) is 5.34. The van der Waals surface area contributed by atoms with Crippen LogP contribution >= 0.6 is 0 Å². The summed E-state index contributed by atoms with van der Waals surface area (Å²) in [4.78, 5) is 27.5. The lowest BCUT2D eigenvalue weighted by Gasteiger charge is -2.42. The van der Waals surface area contributed by atoms with E-state index in [4.69, 9.17) is 4.74 Å². The molecule has 136 valence electrons. The van der Waals surface area contributed by atoms with Crippen molar-refractivity contribution in [2.24, 2.45) is 0 Å². The molecule has 2 aliphatic rings. The zero-order chi connectivity index (χ0) is 17.9. The van der Waals surface area contributed by atoms with Crippen molar-refractivity contribution in [2.45, 2.75) is 24.9 Å². The summed E-state index contributed by atoms with van der Waals surface area (Å²) in [6.45, 7) is 1.47. The van der Waals surface area contributed by atoms with Gasteiger partial charge in [-0.25, -0.2) is 4.39 Å². The van der Waals surface area contributed by atoms with Crippen LogP contribution in [0.1, 0.15) is 18.4 Å². The average molecular weight is 350 g/mol. The molecular formula is C18H23FN2O4. The number of carbonyl (C=O) groups excluding carboxylic acids is 2. The van der Waals surface area contributed by atoms with E-state index < -0.39 is 5.60 Å². The molecule has 2 amide bonds. The number of carbonyl (C=O) groups is 2. The van der Waals surface area contributed by atoms with Gasteiger partial charge in [0.15, 0.2) is 0 Å². The van der Waals surface area contributed by atoms with Gasteiger partial charge in [-0.15, -0.1) is 0 Å². The number of hydrogen-bond donors (Lipinski definition) is 1. The molecule has 0 bridgehead atoms. The second-order valence-corrected chi connectivity index (χ2v) is 6.73. The smallest absolute Gasteiger partial charge is 0.242 e. The molecule has 0 spiro atoms. The second kappa shape index (κ2) is 7.49. The molecule has 7 heteroatoms. The third kappa shape index (κ3) is 4.16. The highest BCUT2D eigenvalue weighted by molar-refractivity contribution is 5.86. The van der Waals surface area contributed by atoms with Crippen molar-refractivity contribution in [1.29, 1.82) is 0 Å². The van der Waals surface area contributed by atoms with Crippen molar-refractivity contribution in [3.05, 3.63) is 35.6 Å². The molecule has 1 N–H and O–H groups in total. The highest BCUT2D eigenvalue weighted by Gasteiger charge is 2.38. The number of likely N-dealkylation sites (tertiary alicyclic amines) is 1. The monoisotopic (exact) mass is 350 g/mol. The van der Waals surface area contributed by atoms with Crippen LogP contribution in [0.25, 0.3) is 0 Å². The number of halogens is 1. The van der Waals surface area contributed by atoms with Crippen molar-refractivity contribution in [2.75, 3.05) is 39.4 Å². The predicted molar refractivity (Wildman–Crippen MR) is 88.3 cm³/mol. The summed E-state index contributed by atoms with van der Waals surface area (Å²) in [5, 5.41) is 9.88. The van der Waals surface area contributed by atoms with Crippen LogP contribution in [-0.2, 0) is 20.7 Å². The molecule has 0 aromatic heterocycles. The number of aliphatic hydroxyl groups excluding tert-OH is 1. The molecule has 1 aromatic rings.